The lowest BCUT2D eigenvalue weighted by molar-refractivity contribution is -0.137. The Morgan fingerprint density at radius 1 is 1.50 bits per heavy atom. The van der Waals surface area contributed by atoms with Crippen LogP contribution in [0.15, 0.2) is 0 Å². The van der Waals surface area contributed by atoms with Gasteiger partial charge in [0.25, 0.3) is 0 Å². The van der Waals surface area contributed by atoms with Crippen molar-refractivity contribution in [1.82, 2.24) is 0 Å². The van der Waals surface area contributed by atoms with E-state index in [-0.39, 0.29) is 6.29 Å². The molecule has 0 bridgehead atoms. The molecule has 0 heterocycles. The molecule has 0 aromatic rings. The Balaban J connectivity index is 4.26. The molecule has 0 aliphatic carbocycles. The molecule has 0 aliphatic rings. The second-order valence-electron chi connectivity index (χ2n) is 2.49. The minimum atomic E-state index is -1.61. The zero-order valence-corrected chi connectivity index (χ0v) is 6.75. The average Bonchev–Trinajstić information content (AvgIpc) is 2.11. The van der Waals surface area contributed by atoms with Crippen LogP contribution in [0.5, 0.6) is 0 Å². The fourth-order valence-corrected chi connectivity index (χ4v) is 0.798. The van der Waals surface area contributed by atoms with Gasteiger partial charge in [0, 0.05) is 7.09 Å². The van der Waals surface area contributed by atoms with E-state index in [2.05, 4.69) is 4.74 Å². The van der Waals surface area contributed by atoms with E-state index in [1.807, 2.05) is 0 Å². The number of carbonyl (C=O) groups excluding carboxylic acids is 1. The van der Waals surface area contributed by atoms with Crippen molar-refractivity contribution in [2.75, 3.05) is 7.09 Å². The molecule has 0 saturated carbocycles. The molecule has 0 saturated heterocycles. The fraction of sp³-hybridized carbons (Fsp3) is 0.857. The van der Waals surface area contributed by atoms with Crippen molar-refractivity contribution >= 4 is 6.29 Å². The minimum Gasteiger partial charge on any atom is -0.391 e. The number of aliphatic hydroxyl groups is 3. The molecule has 3 N–H and O–H groups in total. The largest absolute Gasteiger partial charge is 0.391 e. The standard InChI is InChI=1S/C7H14O5/c1-4(9)7(12-2)6(11)5(10)3-8/h3-7,9-11H,1-2H3/t4-,5+,6-,7+/m0/s1/i2D. The van der Waals surface area contributed by atoms with Gasteiger partial charge < -0.3 is 24.9 Å². The summed E-state index contributed by atoms with van der Waals surface area (Å²) in [5.41, 5.74) is 0. The van der Waals surface area contributed by atoms with Crippen molar-refractivity contribution in [3.63, 3.8) is 0 Å². The molecule has 5 nitrogen and oxygen atoms in total. The fourth-order valence-electron chi connectivity index (χ4n) is 0.798. The van der Waals surface area contributed by atoms with Crippen LogP contribution in [0.1, 0.15) is 8.29 Å². The summed E-state index contributed by atoms with van der Waals surface area (Å²) in [6.07, 6.45) is -5.16. The summed E-state index contributed by atoms with van der Waals surface area (Å²) in [6.45, 7) is 1.33. The second kappa shape index (κ2) is 5.21. The van der Waals surface area contributed by atoms with E-state index < -0.39 is 31.5 Å². The number of ether oxygens (including phenoxy) is 1. The van der Waals surface area contributed by atoms with Crippen LogP contribution in [0.3, 0.4) is 0 Å². The van der Waals surface area contributed by atoms with E-state index in [1.165, 1.54) is 6.92 Å². The maximum Gasteiger partial charge on any atom is 0.151 e. The van der Waals surface area contributed by atoms with E-state index in [4.69, 9.17) is 11.6 Å². The Labute approximate surface area is 72.0 Å². The van der Waals surface area contributed by atoms with Crippen molar-refractivity contribution < 1.29 is 26.2 Å². The van der Waals surface area contributed by atoms with Crippen LogP contribution in [-0.4, -0.2) is 53.1 Å². The molecule has 0 aliphatic heterocycles. The van der Waals surface area contributed by atoms with Crippen LogP contribution < -0.4 is 0 Å². The molecular weight excluding hydrogens is 164 g/mol. The first kappa shape index (κ1) is 9.60. The van der Waals surface area contributed by atoms with Crippen molar-refractivity contribution in [3.8, 4) is 0 Å². The maximum atomic E-state index is 10.1. The SMILES string of the molecule is [2H]CO[C@@H]([C@@H](O)[C@H](O)C=O)[C@H](C)O. The van der Waals surface area contributed by atoms with Gasteiger partial charge in [-0.1, -0.05) is 0 Å². The summed E-state index contributed by atoms with van der Waals surface area (Å²) in [4.78, 5) is 10.1. The molecule has 0 radical (unpaired) electrons. The third-order valence-electron chi connectivity index (χ3n) is 1.49. The molecule has 0 aromatic heterocycles. The van der Waals surface area contributed by atoms with Crippen molar-refractivity contribution in [2.24, 2.45) is 0 Å². The molecule has 0 unspecified atom stereocenters. The van der Waals surface area contributed by atoms with Gasteiger partial charge in [-0.2, -0.15) is 0 Å². The van der Waals surface area contributed by atoms with Gasteiger partial charge in [-0.25, -0.2) is 0 Å². The van der Waals surface area contributed by atoms with Gasteiger partial charge in [0.05, 0.1) is 7.47 Å². The van der Waals surface area contributed by atoms with Gasteiger partial charge in [-0.3, -0.25) is 0 Å². The number of hydrogen-bond donors (Lipinski definition) is 3. The number of methoxy groups -OCH3 is 1. The molecule has 0 amide bonds. The second-order valence-corrected chi connectivity index (χ2v) is 2.49. The lowest BCUT2D eigenvalue weighted by atomic mass is 10.1. The van der Waals surface area contributed by atoms with Crippen LogP contribution in [0.4, 0.5) is 0 Å². The first-order valence-corrected chi connectivity index (χ1v) is 3.45. The first-order valence-electron chi connectivity index (χ1n) is 4.15. The highest BCUT2D eigenvalue weighted by atomic mass is 16.5. The summed E-state index contributed by atoms with van der Waals surface area (Å²) in [6, 6.07) is 0. The monoisotopic (exact) mass is 179 g/mol. The summed E-state index contributed by atoms with van der Waals surface area (Å²) in [5.74, 6) is 0. The third kappa shape index (κ3) is 2.86. The number of carbonyl (C=O) groups is 1. The number of rotatable bonds is 5. The van der Waals surface area contributed by atoms with Gasteiger partial charge in [0.15, 0.2) is 6.29 Å². The molecule has 0 spiro atoms. The van der Waals surface area contributed by atoms with E-state index in [0.29, 0.717) is 0 Å². The molecule has 4 atom stereocenters. The smallest absolute Gasteiger partial charge is 0.151 e. The molecule has 5 heteroatoms. The lowest BCUT2D eigenvalue weighted by Crippen LogP contribution is -2.45. The zero-order chi connectivity index (χ0) is 10.4. The van der Waals surface area contributed by atoms with Crippen molar-refractivity contribution in [3.05, 3.63) is 0 Å². The highest BCUT2D eigenvalue weighted by molar-refractivity contribution is 5.56. The normalized spacial score (nSPS) is 22.2. The highest BCUT2D eigenvalue weighted by Crippen LogP contribution is 2.06. The van der Waals surface area contributed by atoms with E-state index in [0.717, 1.165) is 0 Å². The first-order chi connectivity index (χ1) is 6.04. The third-order valence-corrected chi connectivity index (χ3v) is 1.49. The Hall–Kier alpha value is -0.490. The Kier molecular flexibility index (Phi) is 4.16. The Bertz CT molecular complexity index is 152. The average molecular weight is 179 g/mol. The highest BCUT2D eigenvalue weighted by Gasteiger charge is 2.29. The Morgan fingerprint density at radius 2 is 2.08 bits per heavy atom. The van der Waals surface area contributed by atoms with E-state index in [9.17, 15) is 9.90 Å². The number of aldehydes is 1. The lowest BCUT2D eigenvalue weighted by Gasteiger charge is -2.24. The van der Waals surface area contributed by atoms with Gasteiger partial charge in [0.1, 0.15) is 18.3 Å². The van der Waals surface area contributed by atoms with Gasteiger partial charge in [0.2, 0.25) is 0 Å². The minimum absolute atomic E-state index is 0.146. The zero-order valence-electron chi connectivity index (χ0n) is 7.75. The maximum absolute atomic E-state index is 10.1. The molecule has 72 valence electrons. The van der Waals surface area contributed by atoms with Gasteiger partial charge in [-0.05, 0) is 6.92 Å². The predicted octanol–water partition coefficient (Wildman–Crippen LogP) is -1.70. The van der Waals surface area contributed by atoms with Crippen LogP contribution in [0.2, 0.25) is 0 Å². The summed E-state index contributed by atoms with van der Waals surface area (Å²) >= 11 is 0. The van der Waals surface area contributed by atoms with Crippen LogP contribution >= 0.6 is 0 Å². The molecule has 12 heavy (non-hydrogen) atoms. The van der Waals surface area contributed by atoms with Crippen LogP contribution in [0.25, 0.3) is 0 Å². The summed E-state index contributed by atoms with van der Waals surface area (Å²) in [5, 5.41) is 27.2. The quantitative estimate of drug-likeness (QED) is 0.438. The van der Waals surface area contributed by atoms with Gasteiger partial charge in [-0.15, -0.1) is 0 Å². The molecule has 0 fully saturated rings. The van der Waals surface area contributed by atoms with Crippen LogP contribution in [0, 0.1) is 0 Å². The van der Waals surface area contributed by atoms with Gasteiger partial charge >= 0.3 is 0 Å². The summed E-state index contributed by atoms with van der Waals surface area (Å²) < 4.78 is 11.3. The number of aliphatic hydroxyl groups excluding tert-OH is 3. The topological polar surface area (TPSA) is 87.0 Å². The predicted molar refractivity (Wildman–Crippen MR) is 40.6 cm³/mol. The molecule has 0 aromatic carbocycles. The van der Waals surface area contributed by atoms with Crippen molar-refractivity contribution in [2.45, 2.75) is 31.3 Å². The van der Waals surface area contributed by atoms with Crippen molar-refractivity contribution in [1.29, 1.82) is 0 Å². The van der Waals surface area contributed by atoms with E-state index in [1.54, 1.807) is 0 Å². The Morgan fingerprint density at radius 3 is 2.42 bits per heavy atom. The molecular formula is C7H14O5. The van der Waals surface area contributed by atoms with Crippen LogP contribution in [-0.2, 0) is 9.53 Å². The number of hydrogen-bond acceptors (Lipinski definition) is 5. The van der Waals surface area contributed by atoms with E-state index >= 15 is 0 Å². The molecule has 0 rings (SSSR count). The summed E-state index contributed by atoms with van der Waals surface area (Å²) in [7, 11) is -0.460.